The van der Waals surface area contributed by atoms with Gasteiger partial charge >= 0.3 is 0 Å². The molecule has 2 aliphatic rings. The molecule has 1 aromatic rings. The summed E-state index contributed by atoms with van der Waals surface area (Å²) in [5.41, 5.74) is -0.160. The number of aromatic amines is 1. The molecule has 1 aromatic heterocycles. The molecule has 3 rings (SSSR count). The van der Waals surface area contributed by atoms with Crippen LogP contribution >= 0.6 is 0 Å². The number of carbonyl (C=O) groups excluding carboxylic acids is 2. The Kier molecular flexibility index (Phi) is 4.94. The number of carbonyl (C=O) groups is 2. The number of likely N-dealkylation sites (tertiary alicyclic amines) is 1. The van der Waals surface area contributed by atoms with Crippen LogP contribution in [0, 0.1) is 5.92 Å². The number of hydrogen-bond donors (Lipinski definition) is 3. The van der Waals surface area contributed by atoms with Gasteiger partial charge in [-0.2, -0.15) is 5.10 Å². The van der Waals surface area contributed by atoms with E-state index in [0.29, 0.717) is 25.3 Å². The summed E-state index contributed by atoms with van der Waals surface area (Å²) in [5, 5.41) is 11.7. The highest BCUT2D eigenvalue weighted by molar-refractivity contribution is 5.94. The minimum Gasteiger partial charge on any atom is -0.352 e. The molecule has 1 aliphatic heterocycles. The number of hydrogen-bond acceptors (Lipinski definition) is 5. The summed E-state index contributed by atoms with van der Waals surface area (Å²) in [6.45, 7) is 4.63. The maximum absolute atomic E-state index is 12.0. The lowest BCUT2D eigenvalue weighted by atomic mass is 9.86. The smallest absolute Gasteiger partial charge is 0.264 e. The van der Waals surface area contributed by atoms with Gasteiger partial charge in [-0.25, -0.2) is 5.10 Å². The SMILES string of the molecule is CC1CCN(CC(=O)NC2CC(NC(=O)c3cn[nH]c(=O)c3)C2)C1. The van der Waals surface area contributed by atoms with E-state index in [1.807, 2.05) is 0 Å². The third-order valence-corrected chi connectivity index (χ3v) is 4.64. The van der Waals surface area contributed by atoms with Crippen LogP contribution in [0.4, 0.5) is 0 Å². The van der Waals surface area contributed by atoms with Crippen LogP contribution in [0.5, 0.6) is 0 Å². The van der Waals surface area contributed by atoms with E-state index in [1.165, 1.54) is 12.3 Å². The fourth-order valence-electron chi connectivity index (χ4n) is 3.27. The molecule has 8 heteroatoms. The fraction of sp³-hybridized carbons (Fsp3) is 0.625. The number of aromatic nitrogens is 2. The van der Waals surface area contributed by atoms with E-state index in [9.17, 15) is 14.4 Å². The van der Waals surface area contributed by atoms with Crippen molar-refractivity contribution in [2.45, 2.75) is 38.3 Å². The monoisotopic (exact) mass is 333 g/mol. The zero-order chi connectivity index (χ0) is 17.1. The summed E-state index contributed by atoms with van der Waals surface area (Å²) in [6, 6.07) is 1.35. The first-order chi connectivity index (χ1) is 11.5. The third-order valence-electron chi connectivity index (χ3n) is 4.64. The Morgan fingerprint density at radius 1 is 1.33 bits per heavy atom. The van der Waals surface area contributed by atoms with E-state index in [0.717, 1.165) is 19.5 Å². The summed E-state index contributed by atoms with van der Waals surface area (Å²) in [6.07, 6.45) is 3.91. The Labute approximate surface area is 140 Å². The molecular weight excluding hydrogens is 310 g/mol. The maximum Gasteiger partial charge on any atom is 0.264 e. The van der Waals surface area contributed by atoms with Crippen molar-refractivity contribution in [2.75, 3.05) is 19.6 Å². The Morgan fingerprint density at radius 2 is 2.08 bits per heavy atom. The average Bonchev–Trinajstić information content (AvgIpc) is 2.89. The number of amides is 2. The molecule has 24 heavy (non-hydrogen) atoms. The van der Waals surface area contributed by atoms with Crippen molar-refractivity contribution in [2.24, 2.45) is 5.92 Å². The topological polar surface area (TPSA) is 107 Å². The van der Waals surface area contributed by atoms with Crippen LogP contribution in [0.3, 0.4) is 0 Å². The third kappa shape index (κ3) is 4.19. The molecule has 2 amide bonds. The zero-order valence-electron chi connectivity index (χ0n) is 13.7. The van der Waals surface area contributed by atoms with Crippen molar-refractivity contribution >= 4 is 11.8 Å². The molecule has 0 spiro atoms. The molecule has 8 nitrogen and oxygen atoms in total. The molecule has 1 atom stereocenters. The van der Waals surface area contributed by atoms with E-state index in [-0.39, 0.29) is 29.5 Å². The van der Waals surface area contributed by atoms with Crippen molar-refractivity contribution in [3.8, 4) is 0 Å². The second-order valence-corrected chi connectivity index (χ2v) is 6.87. The van der Waals surface area contributed by atoms with E-state index in [2.05, 4.69) is 32.7 Å². The number of nitrogens with zero attached hydrogens (tertiary/aromatic N) is 2. The molecule has 0 aromatic carbocycles. The summed E-state index contributed by atoms with van der Waals surface area (Å²) in [7, 11) is 0. The van der Waals surface area contributed by atoms with Gasteiger partial charge in [-0.05, 0) is 31.7 Å². The molecule has 2 heterocycles. The van der Waals surface area contributed by atoms with Crippen molar-refractivity contribution in [1.29, 1.82) is 0 Å². The van der Waals surface area contributed by atoms with Crippen LogP contribution in [-0.2, 0) is 4.79 Å². The highest BCUT2D eigenvalue weighted by Gasteiger charge is 2.32. The number of H-pyrrole nitrogens is 1. The van der Waals surface area contributed by atoms with Crippen molar-refractivity contribution in [1.82, 2.24) is 25.7 Å². The lowest BCUT2D eigenvalue weighted by Crippen LogP contribution is -2.55. The Balaban J connectivity index is 1.37. The number of nitrogens with one attached hydrogen (secondary N) is 3. The van der Waals surface area contributed by atoms with Crippen LogP contribution in [0.1, 0.15) is 36.5 Å². The molecule has 0 bridgehead atoms. The van der Waals surface area contributed by atoms with Gasteiger partial charge in [0.25, 0.3) is 11.5 Å². The van der Waals surface area contributed by atoms with Crippen molar-refractivity contribution < 1.29 is 9.59 Å². The van der Waals surface area contributed by atoms with Crippen LogP contribution in [0.25, 0.3) is 0 Å². The average molecular weight is 333 g/mol. The van der Waals surface area contributed by atoms with Gasteiger partial charge in [-0.3, -0.25) is 19.3 Å². The summed E-state index contributed by atoms with van der Waals surface area (Å²) < 4.78 is 0. The Morgan fingerprint density at radius 3 is 2.75 bits per heavy atom. The normalized spacial score (nSPS) is 26.6. The van der Waals surface area contributed by atoms with E-state index in [1.54, 1.807) is 0 Å². The number of rotatable bonds is 5. The first-order valence-corrected chi connectivity index (χ1v) is 8.37. The summed E-state index contributed by atoms with van der Waals surface area (Å²) in [4.78, 5) is 37.3. The molecule has 1 aliphatic carbocycles. The maximum atomic E-state index is 12.0. The molecule has 1 saturated carbocycles. The highest BCUT2D eigenvalue weighted by Crippen LogP contribution is 2.20. The molecule has 130 valence electrons. The van der Waals surface area contributed by atoms with Crippen molar-refractivity contribution in [3.63, 3.8) is 0 Å². The molecule has 0 radical (unpaired) electrons. The molecular formula is C16H23N5O3. The lowest BCUT2D eigenvalue weighted by Gasteiger charge is -2.36. The van der Waals surface area contributed by atoms with Gasteiger partial charge in [-0.1, -0.05) is 6.92 Å². The van der Waals surface area contributed by atoms with E-state index >= 15 is 0 Å². The van der Waals surface area contributed by atoms with Crippen molar-refractivity contribution in [3.05, 3.63) is 28.2 Å². The van der Waals surface area contributed by atoms with Crippen LogP contribution < -0.4 is 16.2 Å². The second kappa shape index (κ2) is 7.12. The van der Waals surface area contributed by atoms with Gasteiger partial charge < -0.3 is 10.6 Å². The minimum absolute atomic E-state index is 0.0221. The lowest BCUT2D eigenvalue weighted by molar-refractivity contribution is -0.123. The van der Waals surface area contributed by atoms with Gasteiger partial charge in [0.1, 0.15) is 0 Å². The first kappa shape index (κ1) is 16.6. The first-order valence-electron chi connectivity index (χ1n) is 8.37. The van der Waals surface area contributed by atoms with Gasteiger partial charge in [0, 0.05) is 24.7 Å². The van der Waals surface area contributed by atoms with Gasteiger partial charge in [0.2, 0.25) is 5.91 Å². The zero-order valence-corrected chi connectivity index (χ0v) is 13.7. The van der Waals surface area contributed by atoms with E-state index < -0.39 is 5.56 Å². The predicted octanol–water partition coefficient (Wildman–Crippen LogP) is -0.511. The molecule has 1 saturated heterocycles. The highest BCUT2D eigenvalue weighted by atomic mass is 16.2. The van der Waals surface area contributed by atoms with Gasteiger partial charge in [0.15, 0.2) is 0 Å². The van der Waals surface area contributed by atoms with Crippen LogP contribution in [0.15, 0.2) is 17.1 Å². The van der Waals surface area contributed by atoms with Gasteiger partial charge in [-0.15, -0.1) is 0 Å². The molecule has 3 N–H and O–H groups in total. The molecule has 1 unspecified atom stereocenters. The summed E-state index contributed by atoms with van der Waals surface area (Å²) >= 11 is 0. The predicted molar refractivity (Wildman–Crippen MR) is 87.5 cm³/mol. The molecule has 2 fully saturated rings. The standard InChI is InChI=1S/C16H23N5O3/c1-10-2-3-21(8-10)9-15(23)18-12-5-13(6-12)19-16(24)11-4-14(22)20-17-7-11/h4,7,10,12-13H,2-3,5-6,8-9H2,1H3,(H,18,23)(H,19,24)(H,20,22). The summed E-state index contributed by atoms with van der Waals surface area (Å²) in [5.74, 6) is 0.410. The largest absolute Gasteiger partial charge is 0.352 e. The Hall–Kier alpha value is -2.22. The minimum atomic E-state index is -0.405. The van der Waals surface area contributed by atoms with Crippen LogP contribution in [-0.4, -0.2) is 58.6 Å². The second-order valence-electron chi connectivity index (χ2n) is 6.87. The van der Waals surface area contributed by atoms with Crippen LogP contribution in [0.2, 0.25) is 0 Å². The quantitative estimate of drug-likeness (QED) is 0.673. The van der Waals surface area contributed by atoms with Gasteiger partial charge in [0.05, 0.1) is 18.3 Å². The van der Waals surface area contributed by atoms with E-state index in [4.69, 9.17) is 0 Å². The fourth-order valence-corrected chi connectivity index (χ4v) is 3.27. The Bertz CT molecular complexity index is 668.